The van der Waals surface area contributed by atoms with Crippen molar-refractivity contribution in [3.05, 3.63) is 23.5 Å². The summed E-state index contributed by atoms with van der Waals surface area (Å²) in [5.74, 6) is 0.415. The molecule has 0 aliphatic rings. The monoisotopic (exact) mass is 126 g/mol. The molecule has 0 radical (unpaired) electrons. The fourth-order valence-corrected chi connectivity index (χ4v) is 0.581. The van der Waals surface area contributed by atoms with Crippen molar-refractivity contribution in [2.24, 2.45) is 0 Å². The Balaban J connectivity index is 3.92. The average Bonchev–Trinajstić information content (AvgIpc) is 1.63. The van der Waals surface area contributed by atoms with Gasteiger partial charge < -0.3 is 5.11 Å². The van der Waals surface area contributed by atoms with E-state index in [1.54, 1.807) is 6.92 Å². The van der Waals surface area contributed by atoms with E-state index in [4.69, 9.17) is 5.11 Å². The first-order valence-corrected chi connectivity index (χ1v) is 3.03. The van der Waals surface area contributed by atoms with E-state index in [-0.39, 0.29) is 0 Å². The summed E-state index contributed by atoms with van der Waals surface area (Å²) in [4.78, 5) is 0. The summed E-state index contributed by atoms with van der Waals surface area (Å²) in [6.07, 6.45) is 0.808. The number of allylic oxidation sites excluding steroid dienone is 3. The van der Waals surface area contributed by atoms with Gasteiger partial charge in [0, 0.05) is 0 Å². The van der Waals surface area contributed by atoms with Gasteiger partial charge in [-0.15, -0.1) is 0 Å². The van der Waals surface area contributed by atoms with E-state index in [9.17, 15) is 0 Å². The molecule has 0 saturated heterocycles. The van der Waals surface area contributed by atoms with Crippen LogP contribution in [0.25, 0.3) is 0 Å². The van der Waals surface area contributed by atoms with Crippen molar-refractivity contribution in [3.63, 3.8) is 0 Å². The van der Waals surface area contributed by atoms with Gasteiger partial charge in [0.2, 0.25) is 0 Å². The van der Waals surface area contributed by atoms with Crippen LogP contribution < -0.4 is 0 Å². The largest absolute Gasteiger partial charge is 0.513 e. The minimum absolute atomic E-state index is 0.415. The third-order valence-corrected chi connectivity index (χ3v) is 1.18. The Kier molecular flexibility index (Phi) is 3.07. The zero-order valence-corrected chi connectivity index (χ0v) is 6.36. The maximum Gasteiger partial charge on any atom is 0.0884 e. The number of rotatable bonds is 2. The highest BCUT2D eigenvalue weighted by molar-refractivity contribution is 5.10. The molecular weight excluding hydrogens is 112 g/mol. The lowest BCUT2D eigenvalue weighted by atomic mass is 10.1. The molecule has 0 aliphatic carbocycles. The minimum atomic E-state index is 0.415. The van der Waals surface area contributed by atoms with Crippen molar-refractivity contribution in [2.75, 3.05) is 0 Å². The molecule has 0 heterocycles. The molecule has 0 aromatic heterocycles. The zero-order valence-electron chi connectivity index (χ0n) is 6.36. The molecule has 1 heteroatoms. The molecule has 0 fully saturated rings. The fraction of sp³-hybridized carbons (Fsp3) is 0.500. The van der Waals surface area contributed by atoms with Gasteiger partial charge in [0.15, 0.2) is 0 Å². The van der Waals surface area contributed by atoms with Crippen molar-refractivity contribution in [1.29, 1.82) is 0 Å². The highest BCUT2D eigenvalue weighted by atomic mass is 16.3. The van der Waals surface area contributed by atoms with E-state index in [0.29, 0.717) is 5.76 Å². The molecule has 0 bridgehead atoms. The van der Waals surface area contributed by atoms with E-state index >= 15 is 0 Å². The second kappa shape index (κ2) is 3.33. The number of hydrogen-bond acceptors (Lipinski definition) is 1. The van der Waals surface area contributed by atoms with E-state index in [0.717, 1.165) is 17.6 Å². The van der Waals surface area contributed by atoms with E-state index < -0.39 is 0 Å². The predicted molar refractivity (Wildman–Crippen MR) is 40.4 cm³/mol. The van der Waals surface area contributed by atoms with E-state index in [2.05, 4.69) is 6.58 Å². The molecule has 0 aliphatic heterocycles. The van der Waals surface area contributed by atoms with Gasteiger partial charge in [-0.3, -0.25) is 0 Å². The Labute approximate surface area is 56.7 Å². The van der Waals surface area contributed by atoms with Crippen molar-refractivity contribution >= 4 is 0 Å². The van der Waals surface area contributed by atoms with Gasteiger partial charge in [-0.25, -0.2) is 0 Å². The van der Waals surface area contributed by atoms with Crippen LogP contribution in [0.15, 0.2) is 23.5 Å². The first-order chi connectivity index (χ1) is 4.04. The number of hydrogen-bond donors (Lipinski definition) is 1. The maximum absolute atomic E-state index is 8.91. The number of aliphatic hydroxyl groups is 1. The van der Waals surface area contributed by atoms with Crippen molar-refractivity contribution in [1.82, 2.24) is 0 Å². The Morgan fingerprint density at radius 2 is 1.78 bits per heavy atom. The topological polar surface area (TPSA) is 20.2 Å². The summed E-state index contributed by atoms with van der Waals surface area (Å²) in [6, 6.07) is 0. The van der Waals surface area contributed by atoms with E-state index in [1.807, 2.05) is 13.8 Å². The van der Waals surface area contributed by atoms with Crippen LogP contribution in [-0.2, 0) is 0 Å². The van der Waals surface area contributed by atoms with Gasteiger partial charge in [-0.1, -0.05) is 12.2 Å². The summed E-state index contributed by atoms with van der Waals surface area (Å²) in [7, 11) is 0. The van der Waals surface area contributed by atoms with Crippen LogP contribution in [0.4, 0.5) is 0 Å². The molecule has 1 N–H and O–H groups in total. The Morgan fingerprint density at radius 1 is 1.33 bits per heavy atom. The maximum atomic E-state index is 8.91. The van der Waals surface area contributed by atoms with Gasteiger partial charge in [0.05, 0.1) is 5.76 Å². The lowest BCUT2D eigenvalue weighted by Crippen LogP contribution is -1.83. The normalized spacial score (nSPS) is 12.8. The summed E-state index contributed by atoms with van der Waals surface area (Å²) >= 11 is 0. The standard InChI is InChI=1S/C8H14O/c1-6(2)5-7(3)8(4)9/h9H,1,5H2,2-4H3/b8-7-. The molecule has 0 aromatic carbocycles. The third-order valence-electron chi connectivity index (χ3n) is 1.18. The first-order valence-electron chi connectivity index (χ1n) is 3.03. The smallest absolute Gasteiger partial charge is 0.0884 e. The van der Waals surface area contributed by atoms with Gasteiger partial charge in [-0.2, -0.15) is 0 Å². The Bertz CT molecular complexity index is 139. The Hall–Kier alpha value is -0.720. The molecule has 9 heavy (non-hydrogen) atoms. The van der Waals surface area contributed by atoms with Crippen molar-refractivity contribution in [3.8, 4) is 0 Å². The molecule has 0 rings (SSSR count). The number of aliphatic hydroxyl groups excluding tert-OH is 1. The lowest BCUT2D eigenvalue weighted by Gasteiger charge is -1.99. The van der Waals surface area contributed by atoms with Crippen LogP contribution in [0.5, 0.6) is 0 Å². The SMILES string of the molecule is C=C(C)C/C(C)=C(/C)O. The lowest BCUT2D eigenvalue weighted by molar-refractivity contribution is 0.405. The molecule has 0 saturated carbocycles. The highest BCUT2D eigenvalue weighted by Crippen LogP contribution is 2.09. The summed E-state index contributed by atoms with van der Waals surface area (Å²) in [6.45, 7) is 9.28. The molecule has 0 aromatic rings. The van der Waals surface area contributed by atoms with Gasteiger partial charge in [0.1, 0.15) is 0 Å². The minimum Gasteiger partial charge on any atom is -0.513 e. The first kappa shape index (κ1) is 8.28. The summed E-state index contributed by atoms with van der Waals surface area (Å²) in [5, 5.41) is 8.91. The van der Waals surface area contributed by atoms with Crippen molar-refractivity contribution in [2.45, 2.75) is 27.2 Å². The molecule has 0 amide bonds. The quantitative estimate of drug-likeness (QED) is 0.445. The summed E-state index contributed by atoms with van der Waals surface area (Å²) in [5.41, 5.74) is 2.09. The average molecular weight is 126 g/mol. The van der Waals surface area contributed by atoms with Crippen LogP contribution in [0, 0.1) is 0 Å². The Morgan fingerprint density at radius 3 is 1.89 bits per heavy atom. The summed E-state index contributed by atoms with van der Waals surface area (Å²) < 4.78 is 0. The fourth-order valence-electron chi connectivity index (χ4n) is 0.581. The van der Waals surface area contributed by atoms with Crippen LogP contribution in [0.1, 0.15) is 27.2 Å². The van der Waals surface area contributed by atoms with Crippen LogP contribution in [0.3, 0.4) is 0 Å². The second-order valence-electron chi connectivity index (χ2n) is 2.50. The van der Waals surface area contributed by atoms with Gasteiger partial charge in [0.25, 0.3) is 0 Å². The second-order valence-corrected chi connectivity index (χ2v) is 2.50. The van der Waals surface area contributed by atoms with Crippen LogP contribution in [-0.4, -0.2) is 5.11 Å². The predicted octanol–water partition coefficient (Wildman–Crippen LogP) is 2.80. The molecule has 0 spiro atoms. The van der Waals surface area contributed by atoms with E-state index in [1.165, 1.54) is 0 Å². The van der Waals surface area contributed by atoms with Gasteiger partial charge in [-0.05, 0) is 32.8 Å². The van der Waals surface area contributed by atoms with Crippen LogP contribution in [0.2, 0.25) is 0 Å². The highest BCUT2D eigenvalue weighted by Gasteiger charge is 1.93. The molecule has 1 nitrogen and oxygen atoms in total. The zero-order chi connectivity index (χ0) is 7.44. The molecular formula is C8H14O. The molecule has 52 valence electrons. The third kappa shape index (κ3) is 3.83. The van der Waals surface area contributed by atoms with Crippen molar-refractivity contribution < 1.29 is 5.11 Å². The van der Waals surface area contributed by atoms with Gasteiger partial charge >= 0.3 is 0 Å². The van der Waals surface area contributed by atoms with Crippen LogP contribution >= 0.6 is 0 Å². The molecule has 0 atom stereocenters. The molecule has 0 unspecified atom stereocenters.